The minimum Gasteiger partial charge on any atom is -0.355 e. The summed E-state index contributed by atoms with van der Waals surface area (Å²) in [5.41, 5.74) is 5.79. The predicted molar refractivity (Wildman–Crippen MR) is 70.8 cm³/mol. The van der Waals surface area contributed by atoms with Gasteiger partial charge in [-0.3, -0.25) is 4.79 Å². The van der Waals surface area contributed by atoms with E-state index in [1.165, 1.54) is 25.9 Å². The van der Waals surface area contributed by atoms with Gasteiger partial charge in [-0.2, -0.15) is 0 Å². The molecule has 3 N–H and O–H groups in total. The lowest BCUT2D eigenvalue weighted by atomic mass is 10.1. The average molecular weight is 241 g/mol. The highest BCUT2D eigenvalue weighted by atomic mass is 16.2. The number of amides is 1. The Hall–Kier alpha value is -0.610. The first kappa shape index (κ1) is 14.5. The number of unbranched alkanes of at least 4 members (excludes halogenated alkanes) is 1. The Bertz CT molecular complexity index is 215. The van der Waals surface area contributed by atoms with Gasteiger partial charge in [0.25, 0.3) is 0 Å². The van der Waals surface area contributed by atoms with E-state index in [4.69, 9.17) is 5.73 Å². The maximum absolute atomic E-state index is 11.6. The molecule has 1 saturated heterocycles. The van der Waals surface area contributed by atoms with Crippen molar-refractivity contribution >= 4 is 5.91 Å². The van der Waals surface area contributed by atoms with Gasteiger partial charge in [-0.15, -0.1) is 0 Å². The highest BCUT2D eigenvalue weighted by Crippen LogP contribution is 2.06. The molecule has 4 heteroatoms. The van der Waals surface area contributed by atoms with Crippen LogP contribution in [0.25, 0.3) is 0 Å². The molecule has 0 unspecified atom stereocenters. The Morgan fingerprint density at radius 1 is 1.35 bits per heavy atom. The fourth-order valence-electron chi connectivity index (χ4n) is 2.21. The average Bonchev–Trinajstić information content (AvgIpc) is 2.84. The second-order valence-electron chi connectivity index (χ2n) is 4.94. The van der Waals surface area contributed by atoms with Crippen molar-refractivity contribution in [1.29, 1.82) is 0 Å². The fraction of sp³-hybridized carbons (Fsp3) is 0.923. The highest BCUT2D eigenvalue weighted by molar-refractivity contribution is 5.81. The maximum atomic E-state index is 11.6. The molecule has 0 aromatic carbocycles. The van der Waals surface area contributed by atoms with Gasteiger partial charge in [-0.25, -0.2) is 0 Å². The second-order valence-corrected chi connectivity index (χ2v) is 4.94. The maximum Gasteiger partial charge on any atom is 0.236 e. The van der Waals surface area contributed by atoms with Gasteiger partial charge in [0.2, 0.25) is 5.91 Å². The molecule has 1 rings (SSSR count). The van der Waals surface area contributed by atoms with Gasteiger partial charge in [-0.05, 0) is 45.3 Å². The van der Waals surface area contributed by atoms with E-state index >= 15 is 0 Å². The van der Waals surface area contributed by atoms with E-state index in [2.05, 4.69) is 17.1 Å². The lowest BCUT2D eigenvalue weighted by molar-refractivity contribution is -0.122. The summed E-state index contributed by atoms with van der Waals surface area (Å²) in [6, 6.07) is -0.318. The van der Waals surface area contributed by atoms with E-state index < -0.39 is 0 Å². The molecule has 17 heavy (non-hydrogen) atoms. The van der Waals surface area contributed by atoms with E-state index in [0.717, 1.165) is 38.8 Å². The van der Waals surface area contributed by atoms with Gasteiger partial charge in [0.05, 0.1) is 6.04 Å². The van der Waals surface area contributed by atoms with Crippen LogP contribution in [0.15, 0.2) is 0 Å². The zero-order chi connectivity index (χ0) is 12.5. The number of carbonyl (C=O) groups excluding carboxylic acids is 1. The Morgan fingerprint density at radius 2 is 2.06 bits per heavy atom. The topological polar surface area (TPSA) is 58.4 Å². The van der Waals surface area contributed by atoms with Crippen LogP contribution in [0.4, 0.5) is 0 Å². The molecular formula is C13H27N3O. The number of rotatable bonds is 8. The summed E-state index contributed by atoms with van der Waals surface area (Å²) in [6.07, 6.45) is 6.61. The monoisotopic (exact) mass is 241 g/mol. The number of nitrogens with zero attached hydrogens (tertiary/aromatic N) is 1. The summed E-state index contributed by atoms with van der Waals surface area (Å²) < 4.78 is 0. The number of nitrogens with two attached hydrogens (primary N) is 1. The molecule has 0 aromatic heterocycles. The Morgan fingerprint density at radius 3 is 2.71 bits per heavy atom. The van der Waals surface area contributed by atoms with E-state index in [1.807, 2.05) is 0 Å². The molecule has 1 fully saturated rings. The summed E-state index contributed by atoms with van der Waals surface area (Å²) in [5.74, 6) is 0.0138. The summed E-state index contributed by atoms with van der Waals surface area (Å²) >= 11 is 0. The van der Waals surface area contributed by atoms with Crippen LogP contribution in [0.1, 0.15) is 45.4 Å². The van der Waals surface area contributed by atoms with E-state index in [9.17, 15) is 4.79 Å². The molecule has 0 spiro atoms. The molecule has 0 radical (unpaired) electrons. The Kier molecular flexibility index (Phi) is 7.21. The molecule has 0 aromatic rings. The van der Waals surface area contributed by atoms with Gasteiger partial charge < -0.3 is 16.0 Å². The quantitative estimate of drug-likeness (QED) is 0.626. The molecule has 1 atom stereocenters. The number of hydrogen-bond donors (Lipinski definition) is 2. The standard InChI is InChI=1S/C13H27N3O/c1-2-3-7-12(14)13(17)15-8-6-11-16-9-4-5-10-16/h12H,2-11,14H2,1H3,(H,15,17)/t12-/m0/s1. The number of nitrogens with one attached hydrogen (secondary N) is 1. The molecule has 4 nitrogen and oxygen atoms in total. The first-order valence-corrected chi connectivity index (χ1v) is 6.99. The number of likely N-dealkylation sites (tertiary alicyclic amines) is 1. The third-order valence-corrected chi connectivity index (χ3v) is 3.35. The first-order valence-electron chi connectivity index (χ1n) is 6.99. The smallest absolute Gasteiger partial charge is 0.236 e. The largest absolute Gasteiger partial charge is 0.355 e. The van der Waals surface area contributed by atoms with Crippen molar-refractivity contribution in [3.63, 3.8) is 0 Å². The van der Waals surface area contributed by atoms with Crippen LogP contribution in [0.2, 0.25) is 0 Å². The molecule has 1 aliphatic heterocycles. The Balaban J connectivity index is 1.98. The van der Waals surface area contributed by atoms with Crippen LogP contribution in [0.3, 0.4) is 0 Å². The summed E-state index contributed by atoms with van der Waals surface area (Å²) in [5, 5.41) is 2.92. The van der Waals surface area contributed by atoms with Crippen LogP contribution in [-0.4, -0.2) is 43.0 Å². The van der Waals surface area contributed by atoms with Crippen molar-refractivity contribution in [3.05, 3.63) is 0 Å². The summed E-state index contributed by atoms with van der Waals surface area (Å²) in [7, 11) is 0. The lowest BCUT2D eigenvalue weighted by Crippen LogP contribution is -2.41. The van der Waals surface area contributed by atoms with Crippen molar-refractivity contribution in [2.75, 3.05) is 26.2 Å². The molecule has 0 bridgehead atoms. The van der Waals surface area contributed by atoms with Gasteiger partial charge in [0.1, 0.15) is 0 Å². The predicted octanol–water partition coefficient (Wildman–Crippen LogP) is 1.11. The number of carbonyl (C=O) groups is 1. The minimum atomic E-state index is -0.318. The first-order chi connectivity index (χ1) is 8.24. The molecule has 0 aliphatic carbocycles. The summed E-state index contributed by atoms with van der Waals surface area (Å²) in [4.78, 5) is 14.1. The highest BCUT2D eigenvalue weighted by Gasteiger charge is 2.13. The normalized spacial score (nSPS) is 18.2. The third-order valence-electron chi connectivity index (χ3n) is 3.35. The van der Waals surface area contributed by atoms with Crippen LogP contribution < -0.4 is 11.1 Å². The van der Waals surface area contributed by atoms with Crippen LogP contribution in [-0.2, 0) is 4.79 Å². The van der Waals surface area contributed by atoms with Crippen LogP contribution in [0.5, 0.6) is 0 Å². The molecular weight excluding hydrogens is 214 g/mol. The molecule has 100 valence electrons. The molecule has 1 amide bonds. The molecule has 0 saturated carbocycles. The van der Waals surface area contributed by atoms with E-state index in [0.29, 0.717) is 0 Å². The van der Waals surface area contributed by atoms with Crippen molar-refractivity contribution in [3.8, 4) is 0 Å². The molecule has 1 heterocycles. The number of hydrogen-bond acceptors (Lipinski definition) is 3. The fourth-order valence-corrected chi connectivity index (χ4v) is 2.21. The van der Waals surface area contributed by atoms with Gasteiger partial charge in [-0.1, -0.05) is 19.8 Å². The SMILES string of the molecule is CCCC[C@H](N)C(=O)NCCCN1CCCC1. The van der Waals surface area contributed by atoms with Crippen LogP contribution >= 0.6 is 0 Å². The summed E-state index contributed by atoms with van der Waals surface area (Å²) in [6.45, 7) is 6.42. The van der Waals surface area contributed by atoms with Crippen molar-refractivity contribution < 1.29 is 4.79 Å². The van der Waals surface area contributed by atoms with Crippen molar-refractivity contribution in [2.45, 2.75) is 51.5 Å². The lowest BCUT2D eigenvalue weighted by Gasteiger charge is -2.15. The molecule has 1 aliphatic rings. The minimum absolute atomic E-state index is 0.0138. The van der Waals surface area contributed by atoms with Crippen molar-refractivity contribution in [1.82, 2.24) is 10.2 Å². The van der Waals surface area contributed by atoms with E-state index in [1.54, 1.807) is 0 Å². The third kappa shape index (κ3) is 6.03. The zero-order valence-electron chi connectivity index (χ0n) is 11.1. The van der Waals surface area contributed by atoms with E-state index in [-0.39, 0.29) is 11.9 Å². The Labute approximate surface area is 105 Å². The van der Waals surface area contributed by atoms with Crippen LogP contribution in [0, 0.1) is 0 Å². The van der Waals surface area contributed by atoms with Gasteiger partial charge in [0, 0.05) is 6.54 Å². The zero-order valence-corrected chi connectivity index (χ0v) is 11.1. The second kappa shape index (κ2) is 8.48. The van der Waals surface area contributed by atoms with Gasteiger partial charge in [0.15, 0.2) is 0 Å². The van der Waals surface area contributed by atoms with Gasteiger partial charge >= 0.3 is 0 Å². The van der Waals surface area contributed by atoms with Crippen molar-refractivity contribution in [2.24, 2.45) is 5.73 Å².